The van der Waals surface area contributed by atoms with Crippen LogP contribution in [0.3, 0.4) is 0 Å². The number of aromatic nitrogens is 2. The van der Waals surface area contributed by atoms with Crippen LogP contribution in [0.25, 0.3) is 0 Å². The predicted octanol–water partition coefficient (Wildman–Crippen LogP) is 0.616. The average molecular weight is 474 g/mol. The van der Waals surface area contributed by atoms with Crippen molar-refractivity contribution in [1.82, 2.24) is 20.7 Å². The van der Waals surface area contributed by atoms with Crippen molar-refractivity contribution in [2.45, 2.75) is 25.7 Å². The first kappa shape index (κ1) is 25.0. The highest BCUT2D eigenvalue weighted by Gasteiger charge is 2.20. The quantitative estimate of drug-likeness (QED) is 0.0959. The Bertz CT molecular complexity index is 1300. The molecular formula is C25H27N7O3. The molecule has 10 nitrogen and oxygen atoms in total. The maximum atomic E-state index is 11.8. The largest absolute Gasteiger partial charge is 0.502 e. The number of H-pyrrole nitrogens is 1. The van der Waals surface area contributed by atoms with Crippen LogP contribution in [0, 0.1) is 11.8 Å². The van der Waals surface area contributed by atoms with Crippen molar-refractivity contribution in [2.24, 2.45) is 16.8 Å². The Labute approximate surface area is 202 Å². The molecule has 1 aromatic heterocycles. The van der Waals surface area contributed by atoms with Crippen molar-refractivity contribution < 1.29 is 9.90 Å². The van der Waals surface area contributed by atoms with E-state index in [9.17, 15) is 14.7 Å². The number of benzene rings is 2. The van der Waals surface area contributed by atoms with Crippen LogP contribution in [0.2, 0.25) is 0 Å². The molecule has 180 valence electrons. The van der Waals surface area contributed by atoms with Gasteiger partial charge in [-0.15, -0.1) is 0 Å². The van der Waals surface area contributed by atoms with Crippen LogP contribution in [0.4, 0.5) is 0 Å². The van der Waals surface area contributed by atoms with Gasteiger partial charge in [0.2, 0.25) is 11.7 Å². The van der Waals surface area contributed by atoms with E-state index in [0.29, 0.717) is 18.7 Å². The molecule has 1 heterocycles. The molecule has 35 heavy (non-hydrogen) atoms. The topological polar surface area (TPSA) is 172 Å². The number of hydrazine groups is 1. The molecule has 0 saturated heterocycles. The Kier molecular flexibility index (Phi) is 8.59. The van der Waals surface area contributed by atoms with Gasteiger partial charge in [-0.2, -0.15) is 5.10 Å². The summed E-state index contributed by atoms with van der Waals surface area (Å²) in [6.07, 6.45) is 2.20. The van der Waals surface area contributed by atoms with E-state index in [1.165, 1.54) is 13.3 Å². The molecular weight excluding hydrogens is 446 g/mol. The summed E-state index contributed by atoms with van der Waals surface area (Å²) in [7, 11) is 0. The molecule has 1 amide bonds. The number of hydrogen-bond donors (Lipinski definition) is 6. The van der Waals surface area contributed by atoms with Gasteiger partial charge < -0.3 is 26.7 Å². The van der Waals surface area contributed by atoms with Crippen molar-refractivity contribution in [3.63, 3.8) is 0 Å². The second kappa shape index (κ2) is 12.0. The zero-order valence-corrected chi connectivity index (χ0v) is 19.2. The standard InChI is InChI=1S/C25H27N7O3/c1-16(33)28-14-21(23-24(34)25(35)30-15-29-23)12-19-8-4-17(5-9-19)2-3-18-6-10-20(11-7-18)13-22(31-26)32-27/h4-11,15,21,34H,12-14,26-27H2,1H3,(H,28,33)(H,31,32)(H,29,30,35). The number of aromatic amines is 1. The number of carbonyl (C=O) groups excluding carboxylic acids is 1. The van der Waals surface area contributed by atoms with E-state index >= 15 is 0 Å². The normalized spacial score (nSPS) is 11.8. The van der Waals surface area contributed by atoms with Crippen molar-refractivity contribution in [1.29, 1.82) is 0 Å². The number of hydrogen-bond acceptors (Lipinski definition) is 7. The van der Waals surface area contributed by atoms with Gasteiger partial charge in [0.15, 0.2) is 0 Å². The second-order valence-electron chi connectivity index (χ2n) is 7.84. The molecule has 1 unspecified atom stereocenters. The van der Waals surface area contributed by atoms with Gasteiger partial charge in [0.05, 0.1) is 12.0 Å². The summed E-state index contributed by atoms with van der Waals surface area (Å²) in [4.78, 5) is 29.7. The Morgan fingerprint density at radius 2 is 1.71 bits per heavy atom. The molecule has 0 aliphatic heterocycles. The minimum Gasteiger partial charge on any atom is -0.502 e. The Morgan fingerprint density at radius 1 is 1.11 bits per heavy atom. The maximum Gasteiger partial charge on any atom is 0.293 e. The number of nitrogens with zero attached hydrogens (tertiary/aromatic N) is 2. The zero-order chi connectivity index (χ0) is 25.2. The molecule has 3 rings (SSSR count). The third-order valence-corrected chi connectivity index (χ3v) is 5.28. The van der Waals surface area contributed by atoms with Crippen molar-refractivity contribution in [3.8, 4) is 17.6 Å². The highest BCUT2D eigenvalue weighted by molar-refractivity contribution is 5.83. The first-order valence-corrected chi connectivity index (χ1v) is 10.8. The van der Waals surface area contributed by atoms with Gasteiger partial charge in [0.25, 0.3) is 5.56 Å². The number of amidine groups is 1. The molecule has 1 atom stereocenters. The van der Waals surface area contributed by atoms with Gasteiger partial charge in [0, 0.05) is 36.9 Å². The van der Waals surface area contributed by atoms with Crippen LogP contribution in [0.1, 0.15) is 40.8 Å². The number of nitrogens with two attached hydrogens (primary N) is 2. The van der Waals surface area contributed by atoms with Crippen LogP contribution >= 0.6 is 0 Å². The lowest BCUT2D eigenvalue weighted by Crippen LogP contribution is -2.32. The first-order chi connectivity index (χ1) is 16.9. The van der Waals surface area contributed by atoms with Gasteiger partial charge in [-0.1, -0.05) is 36.1 Å². The molecule has 0 saturated carbocycles. The molecule has 0 radical (unpaired) electrons. The minimum atomic E-state index is -0.620. The average Bonchev–Trinajstić information content (AvgIpc) is 2.87. The van der Waals surface area contributed by atoms with Crippen molar-refractivity contribution in [2.75, 3.05) is 6.54 Å². The fraction of sp³-hybridized carbons (Fsp3) is 0.200. The van der Waals surface area contributed by atoms with Gasteiger partial charge in [0.1, 0.15) is 5.84 Å². The summed E-state index contributed by atoms with van der Waals surface area (Å²) < 4.78 is 0. The van der Waals surface area contributed by atoms with E-state index in [1.807, 2.05) is 48.5 Å². The maximum absolute atomic E-state index is 11.8. The zero-order valence-electron chi connectivity index (χ0n) is 19.2. The Morgan fingerprint density at radius 3 is 2.26 bits per heavy atom. The highest BCUT2D eigenvalue weighted by Crippen LogP contribution is 2.23. The number of rotatable bonds is 7. The molecule has 8 N–H and O–H groups in total. The third kappa shape index (κ3) is 7.18. The summed E-state index contributed by atoms with van der Waals surface area (Å²) in [6, 6.07) is 15.3. The summed E-state index contributed by atoms with van der Waals surface area (Å²) in [5.74, 6) is 16.3. The molecule has 10 heteroatoms. The smallest absolute Gasteiger partial charge is 0.293 e. The van der Waals surface area contributed by atoms with E-state index in [1.54, 1.807) is 0 Å². The molecule has 0 fully saturated rings. The number of carbonyl (C=O) groups is 1. The number of amides is 1. The van der Waals surface area contributed by atoms with Crippen LogP contribution in [-0.4, -0.2) is 33.4 Å². The molecule has 0 aliphatic carbocycles. The highest BCUT2D eigenvalue weighted by atomic mass is 16.3. The van der Waals surface area contributed by atoms with Crippen LogP contribution < -0.4 is 28.0 Å². The molecule has 0 bridgehead atoms. The van der Waals surface area contributed by atoms with Gasteiger partial charge in [-0.3, -0.25) is 9.59 Å². The van der Waals surface area contributed by atoms with Gasteiger partial charge in [-0.05, 0) is 41.8 Å². The van der Waals surface area contributed by atoms with Gasteiger partial charge >= 0.3 is 0 Å². The van der Waals surface area contributed by atoms with E-state index in [4.69, 9.17) is 11.7 Å². The van der Waals surface area contributed by atoms with Crippen LogP contribution in [0.5, 0.6) is 5.75 Å². The van der Waals surface area contributed by atoms with E-state index in [0.717, 1.165) is 22.3 Å². The lowest BCUT2D eigenvalue weighted by molar-refractivity contribution is -0.119. The second-order valence-corrected chi connectivity index (χ2v) is 7.84. The van der Waals surface area contributed by atoms with Crippen LogP contribution in [-0.2, 0) is 17.6 Å². The number of hydrazone groups is 1. The summed E-state index contributed by atoms with van der Waals surface area (Å²) in [5, 5.41) is 16.5. The Balaban J connectivity index is 1.71. The SMILES string of the molecule is CC(=O)NCC(Cc1ccc(C#Cc2ccc(C/C(=N/N)NN)cc2)cc1)c1nc[nH]c(=O)c1O. The Hall–Kier alpha value is -4.62. The molecule has 0 spiro atoms. The lowest BCUT2D eigenvalue weighted by Gasteiger charge is -2.17. The number of nitrogens with one attached hydrogen (secondary N) is 3. The van der Waals surface area contributed by atoms with Gasteiger partial charge in [-0.25, -0.2) is 10.8 Å². The summed E-state index contributed by atoms with van der Waals surface area (Å²) in [6.45, 7) is 1.64. The third-order valence-electron chi connectivity index (χ3n) is 5.28. The predicted molar refractivity (Wildman–Crippen MR) is 133 cm³/mol. The first-order valence-electron chi connectivity index (χ1n) is 10.8. The molecule has 2 aromatic carbocycles. The molecule has 3 aromatic rings. The number of aromatic hydroxyl groups is 1. The van der Waals surface area contributed by atoms with E-state index < -0.39 is 11.3 Å². The molecule has 0 aliphatic rings. The van der Waals surface area contributed by atoms with Crippen molar-refractivity contribution in [3.05, 3.63) is 93.2 Å². The fourth-order valence-electron chi connectivity index (χ4n) is 3.42. The monoisotopic (exact) mass is 473 g/mol. The van der Waals surface area contributed by atoms with E-state index in [-0.39, 0.29) is 24.1 Å². The summed E-state index contributed by atoms with van der Waals surface area (Å²) >= 11 is 0. The lowest BCUT2D eigenvalue weighted by atomic mass is 9.94. The summed E-state index contributed by atoms with van der Waals surface area (Å²) in [5.41, 5.74) is 5.70. The fourth-order valence-corrected chi connectivity index (χ4v) is 3.42. The van der Waals surface area contributed by atoms with Crippen molar-refractivity contribution >= 4 is 11.7 Å². The minimum absolute atomic E-state index is 0.206. The van der Waals surface area contributed by atoms with Crippen LogP contribution in [0.15, 0.2) is 64.8 Å². The van der Waals surface area contributed by atoms with E-state index in [2.05, 4.69) is 37.7 Å².